The molecule has 4 rings (SSSR count). The van der Waals surface area contributed by atoms with Gasteiger partial charge in [-0.05, 0) is 30.7 Å². The zero-order valence-corrected chi connectivity index (χ0v) is 20.8. The number of nitrogens with one attached hydrogen (secondary N) is 4. The van der Waals surface area contributed by atoms with E-state index in [1.54, 1.807) is 37.3 Å². The van der Waals surface area contributed by atoms with E-state index in [4.69, 9.17) is 4.74 Å². The fourth-order valence-corrected chi connectivity index (χ4v) is 3.78. The van der Waals surface area contributed by atoms with Crippen molar-refractivity contribution in [2.24, 2.45) is 0 Å². The van der Waals surface area contributed by atoms with Gasteiger partial charge in [-0.25, -0.2) is 4.98 Å². The van der Waals surface area contributed by atoms with Crippen LogP contribution in [-0.2, 0) is 11.0 Å². The number of nitrogens with zero attached hydrogens (tertiary/aromatic N) is 4. The Balaban J connectivity index is 1.68. The second-order valence-electron chi connectivity index (χ2n) is 8.44. The van der Waals surface area contributed by atoms with Crippen molar-refractivity contribution in [3.8, 4) is 5.88 Å². The molecule has 3 heterocycles. The van der Waals surface area contributed by atoms with Gasteiger partial charge in [0.25, 0.3) is 0 Å². The topological polar surface area (TPSA) is 116 Å². The molecule has 0 saturated carbocycles. The van der Waals surface area contributed by atoms with Gasteiger partial charge in [-0.2, -0.15) is 23.1 Å². The van der Waals surface area contributed by atoms with Crippen molar-refractivity contribution in [3.63, 3.8) is 0 Å². The molecule has 2 aromatic heterocycles. The van der Waals surface area contributed by atoms with Crippen LogP contribution in [0, 0.1) is 6.92 Å². The van der Waals surface area contributed by atoms with E-state index in [2.05, 4.69) is 47.7 Å². The van der Waals surface area contributed by atoms with E-state index in [1.165, 1.54) is 7.11 Å². The molecule has 0 bridgehead atoms. The Morgan fingerprint density at radius 1 is 1.13 bits per heavy atom. The SMILES string of the molecule is C=CC(=O)Nc1cc(C)ccc1Nc1nc(Nc2cc(OC)nc(N3CCNCC3)c2)ncc1C(F)(F)F. The third-order valence-electron chi connectivity index (χ3n) is 5.66. The summed E-state index contributed by atoms with van der Waals surface area (Å²) in [7, 11) is 1.48. The Labute approximate surface area is 217 Å². The zero-order chi connectivity index (χ0) is 27.3. The lowest BCUT2D eigenvalue weighted by atomic mass is 10.1. The van der Waals surface area contributed by atoms with Crippen molar-refractivity contribution in [2.45, 2.75) is 13.1 Å². The molecular formula is C25H27F3N8O2. The summed E-state index contributed by atoms with van der Waals surface area (Å²) in [5.74, 6) is -0.0938. The highest BCUT2D eigenvalue weighted by Crippen LogP contribution is 2.37. The normalized spacial score (nSPS) is 13.6. The quantitative estimate of drug-likeness (QED) is 0.319. The van der Waals surface area contributed by atoms with E-state index < -0.39 is 23.5 Å². The van der Waals surface area contributed by atoms with E-state index in [9.17, 15) is 18.0 Å². The van der Waals surface area contributed by atoms with Crippen LogP contribution < -0.4 is 30.9 Å². The molecule has 4 N–H and O–H groups in total. The van der Waals surface area contributed by atoms with Crippen LogP contribution in [0.1, 0.15) is 11.1 Å². The molecule has 200 valence electrons. The molecule has 0 radical (unpaired) electrons. The molecule has 1 aromatic carbocycles. The Hall–Kier alpha value is -4.39. The maximum Gasteiger partial charge on any atom is 0.421 e. The molecule has 0 spiro atoms. The molecule has 13 heteroatoms. The number of rotatable bonds is 8. The van der Waals surface area contributed by atoms with Gasteiger partial charge in [-0.3, -0.25) is 4.79 Å². The van der Waals surface area contributed by atoms with Crippen LogP contribution >= 0.6 is 0 Å². The van der Waals surface area contributed by atoms with Crippen molar-refractivity contribution in [1.29, 1.82) is 0 Å². The lowest BCUT2D eigenvalue weighted by Gasteiger charge is -2.28. The van der Waals surface area contributed by atoms with Crippen LogP contribution in [0.3, 0.4) is 0 Å². The van der Waals surface area contributed by atoms with Crippen molar-refractivity contribution < 1.29 is 22.7 Å². The van der Waals surface area contributed by atoms with Crippen molar-refractivity contribution in [2.75, 3.05) is 54.1 Å². The molecule has 1 saturated heterocycles. The zero-order valence-electron chi connectivity index (χ0n) is 20.8. The van der Waals surface area contributed by atoms with Crippen LogP contribution in [0.2, 0.25) is 0 Å². The minimum atomic E-state index is -4.73. The number of methoxy groups -OCH3 is 1. The van der Waals surface area contributed by atoms with Crippen molar-refractivity contribution >= 4 is 40.6 Å². The number of hydrogen-bond donors (Lipinski definition) is 4. The largest absolute Gasteiger partial charge is 0.481 e. The van der Waals surface area contributed by atoms with Crippen LogP contribution in [0.15, 0.2) is 49.2 Å². The van der Waals surface area contributed by atoms with Gasteiger partial charge in [0.2, 0.25) is 17.7 Å². The summed E-state index contributed by atoms with van der Waals surface area (Å²) in [6, 6.07) is 8.23. The Kier molecular flexibility index (Phi) is 7.96. The maximum absolute atomic E-state index is 13.8. The summed E-state index contributed by atoms with van der Waals surface area (Å²) in [6.07, 6.45) is -2.97. The van der Waals surface area contributed by atoms with Crippen LogP contribution in [-0.4, -0.2) is 54.1 Å². The molecule has 0 atom stereocenters. The lowest BCUT2D eigenvalue weighted by Crippen LogP contribution is -2.43. The number of carbonyl (C=O) groups excluding carboxylic acids is 1. The number of benzene rings is 1. The Bertz CT molecular complexity index is 1330. The summed E-state index contributed by atoms with van der Waals surface area (Å²) in [5.41, 5.74) is 0.704. The molecule has 1 amide bonds. The van der Waals surface area contributed by atoms with Gasteiger partial charge in [0, 0.05) is 50.2 Å². The average Bonchev–Trinajstić information content (AvgIpc) is 2.90. The first-order chi connectivity index (χ1) is 18.2. The highest BCUT2D eigenvalue weighted by Gasteiger charge is 2.35. The molecule has 1 aliphatic heterocycles. The smallest absolute Gasteiger partial charge is 0.421 e. The molecule has 3 aromatic rings. The molecular weight excluding hydrogens is 501 g/mol. The number of alkyl halides is 3. The Morgan fingerprint density at radius 2 is 1.89 bits per heavy atom. The van der Waals surface area contributed by atoms with E-state index >= 15 is 0 Å². The maximum atomic E-state index is 13.8. The van der Waals surface area contributed by atoms with Gasteiger partial charge in [-0.15, -0.1) is 0 Å². The number of amides is 1. The third-order valence-corrected chi connectivity index (χ3v) is 5.66. The predicted molar refractivity (Wildman–Crippen MR) is 139 cm³/mol. The van der Waals surface area contributed by atoms with Gasteiger partial charge in [0.15, 0.2) is 0 Å². The number of halogens is 3. The average molecular weight is 529 g/mol. The first-order valence-electron chi connectivity index (χ1n) is 11.7. The molecule has 38 heavy (non-hydrogen) atoms. The molecule has 1 aliphatic rings. The second kappa shape index (κ2) is 11.3. The number of aryl methyl sites for hydroxylation is 1. The summed E-state index contributed by atoms with van der Waals surface area (Å²) in [5, 5.41) is 11.5. The standard InChI is InChI=1S/C25H27F3N8O2/c1-4-21(37)32-19-11-15(2)5-6-18(19)33-23-17(25(26,27)28)14-30-24(35-23)31-16-12-20(34-22(13-16)38-3)36-9-7-29-8-10-36/h4-6,11-14,29H,1,7-10H2,2-3H3,(H,32,37)(H2,30,31,33,34,35). The van der Waals surface area contributed by atoms with E-state index in [0.29, 0.717) is 23.6 Å². The van der Waals surface area contributed by atoms with Gasteiger partial charge < -0.3 is 30.9 Å². The number of carbonyl (C=O) groups is 1. The first-order valence-corrected chi connectivity index (χ1v) is 11.7. The Morgan fingerprint density at radius 3 is 2.58 bits per heavy atom. The fraction of sp³-hybridized carbons (Fsp3) is 0.280. The van der Waals surface area contributed by atoms with Crippen LogP contribution in [0.5, 0.6) is 5.88 Å². The minimum Gasteiger partial charge on any atom is -0.481 e. The molecule has 1 fully saturated rings. The molecule has 10 nitrogen and oxygen atoms in total. The van der Waals surface area contributed by atoms with Gasteiger partial charge in [-0.1, -0.05) is 12.6 Å². The molecule has 0 unspecified atom stereocenters. The minimum absolute atomic E-state index is 0.0798. The number of anilines is 6. The monoisotopic (exact) mass is 528 g/mol. The number of aromatic nitrogens is 3. The fourth-order valence-electron chi connectivity index (χ4n) is 3.78. The predicted octanol–water partition coefficient (Wildman–Crippen LogP) is 4.23. The van der Waals surface area contributed by atoms with Crippen LogP contribution in [0.25, 0.3) is 0 Å². The number of pyridine rings is 1. The first kappa shape index (κ1) is 26.7. The number of piperazine rings is 1. The van der Waals surface area contributed by atoms with E-state index in [1.807, 2.05) is 0 Å². The highest BCUT2D eigenvalue weighted by molar-refractivity contribution is 6.01. The summed E-state index contributed by atoms with van der Waals surface area (Å²) >= 11 is 0. The summed E-state index contributed by atoms with van der Waals surface area (Å²) < 4.78 is 46.8. The van der Waals surface area contributed by atoms with E-state index in [0.717, 1.165) is 37.8 Å². The van der Waals surface area contributed by atoms with Crippen LogP contribution in [0.4, 0.5) is 47.8 Å². The van der Waals surface area contributed by atoms with Crippen molar-refractivity contribution in [1.82, 2.24) is 20.3 Å². The molecule has 0 aliphatic carbocycles. The van der Waals surface area contributed by atoms with Gasteiger partial charge in [0.1, 0.15) is 17.2 Å². The van der Waals surface area contributed by atoms with Gasteiger partial charge >= 0.3 is 6.18 Å². The van der Waals surface area contributed by atoms with Crippen molar-refractivity contribution in [3.05, 3.63) is 60.3 Å². The third kappa shape index (κ3) is 6.48. The summed E-state index contributed by atoms with van der Waals surface area (Å²) in [6.45, 7) is 8.28. The lowest BCUT2D eigenvalue weighted by molar-refractivity contribution is -0.137. The summed E-state index contributed by atoms with van der Waals surface area (Å²) in [4.78, 5) is 26.4. The number of hydrogen-bond acceptors (Lipinski definition) is 9. The van der Waals surface area contributed by atoms with Gasteiger partial charge in [0.05, 0.1) is 18.5 Å². The second-order valence-corrected chi connectivity index (χ2v) is 8.44. The number of ether oxygens (including phenoxy) is 1. The highest BCUT2D eigenvalue weighted by atomic mass is 19.4. The van der Waals surface area contributed by atoms with E-state index in [-0.39, 0.29) is 17.3 Å².